The van der Waals surface area contributed by atoms with Crippen molar-refractivity contribution in [2.24, 2.45) is 5.92 Å². The average Bonchev–Trinajstić information content (AvgIpc) is 2.95. The lowest BCUT2D eigenvalue weighted by atomic mass is 9.94. The molecular weight excluding hydrogens is 398 g/mol. The van der Waals surface area contributed by atoms with Gasteiger partial charge in [-0.05, 0) is 31.0 Å². The molecule has 160 valence electrons. The minimum atomic E-state index is -2.81. The molecule has 3 aliphatic heterocycles. The van der Waals surface area contributed by atoms with Gasteiger partial charge in [-0.2, -0.15) is 0 Å². The van der Waals surface area contributed by atoms with Crippen molar-refractivity contribution in [1.29, 1.82) is 0 Å². The van der Waals surface area contributed by atoms with Crippen LogP contribution in [0.25, 0.3) is 0 Å². The van der Waals surface area contributed by atoms with E-state index >= 15 is 0 Å². The van der Waals surface area contributed by atoms with Gasteiger partial charge < -0.3 is 10.6 Å². The van der Waals surface area contributed by atoms with E-state index in [2.05, 4.69) is 16.0 Å². The minimum absolute atomic E-state index is 0.0443. The minimum Gasteiger partial charge on any atom is -0.312 e. The van der Waals surface area contributed by atoms with Crippen molar-refractivity contribution in [3.63, 3.8) is 0 Å². The van der Waals surface area contributed by atoms with E-state index in [4.69, 9.17) is 0 Å². The highest BCUT2D eigenvalue weighted by atomic mass is 19.3. The van der Waals surface area contributed by atoms with Crippen LogP contribution in [0.15, 0.2) is 18.2 Å². The molecule has 0 saturated carbocycles. The number of rotatable bonds is 5. The first-order chi connectivity index (χ1) is 14.3. The highest BCUT2D eigenvalue weighted by molar-refractivity contribution is 6.24. The third-order valence-electron chi connectivity index (χ3n) is 5.89. The van der Waals surface area contributed by atoms with Crippen LogP contribution in [0, 0.1) is 5.92 Å². The summed E-state index contributed by atoms with van der Waals surface area (Å²) < 4.78 is 28.0. The summed E-state index contributed by atoms with van der Waals surface area (Å²) in [6, 6.07) is 3.75. The topological polar surface area (TPSA) is 108 Å². The molecule has 2 atom stereocenters. The number of hydrogen-bond donors (Lipinski definition) is 3. The number of amides is 4. The van der Waals surface area contributed by atoms with E-state index < -0.39 is 41.5 Å². The average molecular weight is 420 g/mol. The van der Waals surface area contributed by atoms with Gasteiger partial charge >= 0.3 is 0 Å². The van der Waals surface area contributed by atoms with Crippen LogP contribution in [-0.4, -0.2) is 60.1 Å². The van der Waals surface area contributed by atoms with E-state index in [-0.39, 0.29) is 43.6 Å². The lowest BCUT2D eigenvalue weighted by molar-refractivity contribution is -0.136. The fraction of sp³-hybridized carbons (Fsp3) is 0.500. The molecule has 2 fully saturated rings. The SMILES string of the molecule is O=C1CCC(N2C(=O)c3cccc(CNCC4CCNCC4(F)F)c3C2=O)C(=O)N1. The van der Waals surface area contributed by atoms with Crippen molar-refractivity contribution < 1.29 is 28.0 Å². The number of nitrogens with one attached hydrogen (secondary N) is 3. The maximum absolute atomic E-state index is 14.0. The van der Waals surface area contributed by atoms with E-state index in [0.29, 0.717) is 18.5 Å². The largest absolute Gasteiger partial charge is 0.312 e. The predicted molar refractivity (Wildman–Crippen MR) is 101 cm³/mol. The zero-order valence-corrected chi connectivity index (χ0v) is 16.2. The standard InChI is InChI=1S/C20H22F2N4O4/c21-20(22)10-23-7-6-12(20)9-24-8-11-2-1-3-13-16(11)19(30)26(18(13)29)14-4-5-15(27)25-17(14)28/h1-3,12,14,23-24H,4-10H2,(H,25,27,28). The van der Waals surface area contributed by atoms with Gasteiger partial charge in [-0.3, -0.25) is 29.4 Å². The summed E-state index contributed by atoms with van der Waals surface area (Å²) in [4.78, 5) is 50.2. The van der Waals surface area contributed by atoms with Gasteiger partial charge in [-0.1, -0.05) is 12.1 Å². The van der Waals surface area contributed by atoms with Crippen LogP contribution < -0.4 is 16.0 Å². The van der Waals surface area contributed by atoms with E-state index in [1.807, 2.05) is 0 Å². The number of nitrogens with zero attached hydrogens (tertiary/aromatic N) is 1. The molecule has 8 nitrogen and oxygen atoms in total. The molecule has 4 amide bonds. The zero-order valence-electron chi connectivity index (χ0n) is 16.2. The second-order valence-corrected chi connectivity index (χ2v) is 7.84. The Morgan fingerprint density at radius 2 is 1.93 bits per heavy atom. The molecule has 0 radical (unpaired) electrons. The number of alkyl halides is 2. The highest BCUT2D eigenvalue weighted by Gasteiger charge is 2.45. The quantitative estimate of drug-likeness (QED) is 0.596. The Morgan fingerprint density at radius 3 is 2.67 bits per heavy atom. The molecule has 1 aromatic carbocycles. The molecule has 0 bridgehead atoms. The Balaban J connectivity index is 1.49. The Kier molecular flexibility index (Phi) is 5.37. The van der Waals surface area contributed by atoms with Gasteiger partial charge in [-0.25, -0.2) is 8.78 Å². The fourth-order valence-electron chi connectivity index (χ4n) is 4.25. The first-order valence-corrected chi connectivity index (χ1v) is 9.92. The number of hydrogen-bond acceptors (Lipinski definition) is 6. The Labute approximate surface area is 171 Å². The van der Waals surface area contributed by atoms with Gasteiger partial charge in [0, 0.05) is 25.4 Å². The van der Waals surface area contributed by atoms with Crippen molar-refractivity contribution in [1.82, 2.24) is 20.9 Å². The number of fused-ring (bicyclic) bond motifs is 1. The highest BCUT2D eigenvalue weighted by Crippen LogP contribution is 2.31. The molecule has 2 unspecified atom stereocenters. The van der Waals surface area contributed by atoms with Crippen LogP contribution in [0.5, 0.6) is 0 Å². The summed E-state index contributed by atoms with van der Waals surface area (Å²) in [5.41, 5.74) is 0.867. The van der Waals surface area contributed by atoms with Crippen molar-refractivity contribution in [2.45, 2.75) is 37.8 Å². The third-order valence-corrected chi connectivity index (χ3v) is 5.89. The van der Waals surface area contributed by atoms with E-state index in [0.717, 1.165) is 4.90 Å². The summed E-state index contributed by atoms with van der Waals surface area (Å²) >= 11 is 0. The summed E-state index contributed by atoms with van der Waals surface area (Å²) in [6.45, 7) is 0.396. The molecule has 2 saturated heterocycles. The van der Waals surface area contributed by atoms with Crippen LogP contribution in [0.4, 0.5) is 8.78 Å². The maximum Gasteiger partial charge on any atom is 0.264 e. The Bertz CT molecular complexity index is 920. The molecule has 10 heteroatoms. The van der Waals surface area contributed by atoms with Crippen molar-refractivity contribution >= 4 is 23.6 Å². The Hall–Kier alpha value is -2.72. The number of benzene rings is 1. The first kappa shape index (κ1) is 20.5. The van der Waals surface area contributed by atoms with Crippen LogP contribution in [0.2, 0.25) is 0 Å². The summed E-state index contributed by atoms with van der Waals surface area (Å²) in [6.07, 6.45) is 0.463. The number of piperidine rings is 2. The summed E-state index contributed by atoms with van der Waals surface area (Å²) in [7, 11) is 0. The van der Waals surface area contributed by atoms with Gasteiger partial charge in [0.15, 0.2) is 0 Å². The van der Waals surface area contributed by atoms with Crippen molar-refractivity contribution in [2.75, 3.05) is 19.6 Å². The van der Waals surface area contributed by atoms with Gasteiger partial charge in [0.25, 0.3) is 17.7 Å². The summed E-state index contributed by atoms with van der Waals surface area (Å²) in [5.74, 6) is -5.92. The predicted octanol–water partition coefficient (Wildman–Crippen LogP) is 0.422. The molecule has 3 heterocycles. The van der Waals surface area contributed by atoms with Gasteiger partial charge in [0.1, 0.15) is 6.04 Å². The van der Waals surface area contributed by atoms with E-state index in [1.54, 1.807) is 12.1 Å². The first-order valence-electron chi connectivity index (χ1n) is 9.92. The molecule has 1 aromatic rings. The normalized spacial score (nSPS) is 26.0. The van der Waals surface area contributed by atoms with E-state index in [9.17, 15) is 28.0 Å². The molecule has 0 aromatic heterocycles. The molecule has 4 rings (SSSR count). The number of carbonyl (C=O) groups excluding carboxylic acids is 4. The van der Waals surface area contributed by atoms with Crippen LogP contribution >= 0.6 is 0 Å². The molecule has 3 N–H and O–H groups in total. The molecular formula is C20H22F2N4O4. The Morgan fingerprint density at radius 1 is 1.13 bits per heavy atom. The van der Waals surface area contributed by atoms with Gasteiger partial charge in [0.2, 0.25) is 11.8 Å². The van der Waals surface area contributed by atoms with Crippen LogP contribution in [-0.2, 0) is 16.1 Å². The third kappa shape index (κ3) is 3.61. The van der Waals surface area contributed by atoms with Crippen LogP contribution in [0.1, 0.15) is 45.5 Å². The van der Waals surface area contributed by atoms with E-state index in [1.165, 1.54) is 6.07 Å². The molecule has 30 heavy (non-hydrogen) atoms. The molecule has 0 spiro atoms. The van der Waals surface area contributed by atoms with Crippen molar-refractivity contribution in [3.05, 3.63) is 34.9 Å². The smallest absolute Gasteiger partial charge is 0.264 e. The number of halogens is 2. The number of carbonyl (C=O) groups is 4. The molecule has 0 aliphatic carbocycles. The lowest BCUT2D eigenvalue weighted by Gasteiger charge is -2.32. The fourth-order valence-corrected chi connectivity index (χ4v) is 4.25. The monoisotopic (exact) mass is 420 g/mol. The summed E-state index contributed by atoms with van der Waals surface area (Å²) in [5, 5.41) is 7.82. The zero-order chi connectivity index (χ0) is 21.5. The second kappa shape index (κ2) is 7.84. The number of imide groups is 2. The van der Waals surface area contributed by atoms with Crippen LogP contribution in [0.3, 0.4) is 0 Å². The van der Waals surface area contributed by atoms with Gasteiger partial charge in [0.05, 0.1) is 17.7 Å². The maximum atomic E-state index is 14.0. The second-order valence-electron chi connectivity index (χ2n) is 7.84. The molecule has 3 aliphatic rings. The lowest BCUT2D eigenvalue weighted by Crippen LogP contribution is -2.54. The van der Waals surface area contributed by atoms with Crippen molar-refractivity contribution in [3.8, 4) is 0 Å². The van der Waals surface area contributed by atoms with Gasteiger partial charge in [-0.15, -0.1) is 0 Å².